The summed E-state index contributed by atoms with van der Waals surface area (Å²) in [6, 6.07) is 10.8. The number of hydrogen-bond acceptors (Lipinski definition) is 6. The van der Waals surface area contributed by atoms with Crippen molar-refractivity contribution in [2.24, 2.45) is 0 Å². The second-order valence-corrected chi connectivity index (χ2v) is 7.85. The van der Waals surface area contributed by atoms with Gasteiger partial charge in [0.25, 0.3) is 0 Å². The summed E-state index contributed by atoms with van der Waals surface area (Å²) in [6.07, 6.45) is 6.88. The number of ether oxygens (including phenoxy) is 1. The number of anilines is 1. The number of aromatic nitrogens is 4. The number of piperazine rings is 1. The van der Waals surface area contributed by atoms with Crippen LogP contribution in [0.15, 0.2) is 61.2 Å². The molecule has 1 aliphatic heterocycles. The first-order valence-electron chi connectivity index (χ1n) is 10.7. The average molecular weight is 446 g/mol. The molecule has 168 valence electrons. The number of carbonyl (C=O) groups excluding carboxylic acids is 1. The van der Waals surface area contributed by atoms with Crippen molar-refractivity contribution in [3.63, 3.8) is 0 Å². The van der Waals surface area contributed by atoms with Crippen molar-refractivity contribution < 1.29 is 13.9 Å². The third-order valence-corrected chi connectivity index (χ3v) is 5.88. The molecule has 0 aliphatic carbocycles. The molecular formula is C24H23FN6O2. The van der Waals surface area contributed by atoms with Crippen molar-refractivity contribution >= 4 is 22.6 Å². The van der Waals surface area contributed by atoms with Crippen LogP contribution in [0.4, 0.5) is 10.1 Å². The maximum atomic E-state index is 14.1. The van der Waals surface area contributed by atoms with Gasteiger partial charge in [-0.3, -0.25) is 4.79 Å². The molecule has 1 amide bonds. The lowest BCUT2D eigenvalue weighted by atomic mass is 10.0. The third kappa shape index (κ3) is 4.21. The minimum absolute atomic E-state index is 0.0562. The van der Waals surface area contributed by atoms with E-state index in [9.17, 15) is 9.18 Å². The fraction of sp³-hybridized carbons (Fsp3) is 0.250. The van der Waals surface area contributed by atoms with E-state index in [0.717, 1.165) is 16.7 Å². The van der Waals surface area contributed by atoms with Gasteiger partial charge in [0.05, 0.1) is 7.11 Å². The van der Waals surface area contributed by atoms with Crippen LogP contribution in [0.5, 0.6) is 6.01 Å². The Morgan fingerprint density at radius 1 is 1.06 bits per heavy atom. The predicted molar refractivity (Wildman–Crippen MR) is 123 cm³/mol. The first-order valence-corrected chi connectivity index (χ1v) is 10.7. The Labute approximate surface area is 190 Å². The molecule has 0 spiro atoms. The van der Waals surface area contributed by atoms with E-state index in [4.69, 9.17) is 4.74 Å². The zero-order valence-electron chi connectivity index (χ0n) is 18.2. The standard InChI is InChI=1S/C24H23FN6O2/c1-33-24-27-14-18(15-28-24)20-13-19(25)4-5-21(20)29-9-11-30(12-10-29)22(32)16-31-8-6-17-3-2-7-26-23(17)31/h2-8,13-15H,9-12,16H2,1H3. The fourth-order valence-electron chi connectivity index (χ4n) is 4.17. The van der Waals surface area contributed by atoms with Gasteiger partial charge >= 0.3 is 6.01 Å². The molecule has 4 heterocycles. The lowest BCUT2D eigenvalue weighted by Gasteiger charge is -2.37. The van der Waals surface area contributed by atoms with Crippen molar-refractivity contribution in [3.05, 3.63) is 67.0 Å². The van der Waals surface area contributed by atoms with E-state index >= 15 is 0 Å². The molecule has 8 nitrogen and oxygen atoms in total. The molecule has 0 radical (unpaired) electrons. The van der Waals surface area contributed by atoms with E-state index in [0.29, 0.717) is 37.3 Å². The van der Waals surface area contributed by atoms with Crippen molar-refractivity contribution in [3.8, 4) is 17.1 Å². The number of hydrogen-bond donors (Lipinski definition) is 0. The molecular weight excluding hydrogens is 423 g/mol. The SMILES string of the molecule is COc1ncc(-c2cc(F)ccc2N2CCN(C(=O)Cn3ccc4cccnc43)CC2)cn1. The summed E-state index contributed by atoms with van der Waals surface area (Å²) < 4.78 is 21.0. The maximum Gasteiger partial charge on any atom is 0.316 e. The Morgan fingerprint density at radius 3 is 2.61 bits per heavy atom. The Bertz CT molecular complexity index is 1280. The van der Waals surface area contributed by atoms with Gasteiger partial charge in [0, 0.05) is 73.2 Å². The summed E-state index contributed by atoms with van der Waals surface area (Å²) in [5.41, 5.74) is 3.11. The predicted octanol–water partition coefficient (Wildman–Crippen LogP) is 2.99. The van der Waals surface area contributed by atoms with Gasteiger partial charge in [0.2, 0.25) is 5.91 Å². The van der Waals surface area contributed by atoms with Crippen molar-refractivity contribution in [1.29, 1.82) is 0 Å². The number of benzene rings is 1. The molecule has 0 bridgehead atoms. The molecule has 0 atom stereocenters. The quantitative estimate of drug-likeness (QED) is 0.469. The number of fused-ring (bicyclic) bond motifs is 1. The highest BCUT2D eigenvalue weighted by Crippen LogP contribution is 2.32. The highest BCUT2D eigenvalue weighted by molar-refractivity contribution is 5.82. The van der Waals surface area contributed by atoms with Gasteiger partial charge in [-0.2, -0.15) is 0 Å². The van der Waals surface area contributed by atoms with Crippen LogP contribution in [-0.2, 0) is 11.3 Å². The van der Waals surface area contributed by atoms with Crippen molar-refractivity contribution in [1.82, 2.24) is 24.4 Å². The van der Waals surface area contributed by atoms with Gasteiger partial charge in [-0.15, -0.1) is 0 Å². The largest absolute Gasteiger partial charge is 0.467 e. The average Bonchev–Trinajstić information content (AvgIpc) is 3.27. The van der Waals surface area contributed by atoms with Crippen molar-refractivity contribution in [2.75, 3.05) is 38.2 Å². The zero-order chi connectivity index (χ0) is 22.8. The lowest BCUT2D eigenvalue weighted by molar-refractivity contribution is -0.132. The third-order valence-electron chi connectivity index (χ3n) is 5.88. The molecule has 33 heavy (non-hydrogen) atoms. The van der Waals surface area contributed by atoms with E-state index in [-0.39, 0.29) is 24.3 Å². The number of rotatable bonds is 5. The Balaban J connectivity index is 1.29. The van der Waals surface area contributed by atoms with Gasteiger partial charge in [0.1, 0.15) is 18.0 Å². The first kappa shape index (κ1) is 20.9. The highest BCUT2D eigenvalue weighted by Gasteiger charge is 2.24. The number of pyridine rings is 1. The maximum absolute atomic E-state index is 14.1. The van der Waals surface area contributed by atoms with E-state index in [1.807, 2.05) is 33.9 Å². The van der Waals surface area contributed by atoms with Crippen LogP contribution in [0.1, 0.15) is 0 Å². The molecule has 1 fully saturated rings. The monoisotopic (exact) mass is 446 g/mol. The van der Waals surface area contributed by atoms with Crippen LogP contribution in [0, 0.1) is 5.82 Å². The molecule has 0 unspecified atom stereocenters. The number of carbonyl (C=O) groups is 1. The molecule has 9 heteroatoms. The number of nitrogens with zero attached hydrogens (tertiary/aromatic N) is 6. The van der Waals surface area contributed by atoms with Crippen LogP contribution < -0.4 is 9.64 Å². The van der Waals surface area contributed by atoms with Crippen LogP contribution in [0.2, 0.25) is 0 Å². The molecule has 1 aliphatic rings. The zero-order valence-corrected chi connectivity index (χ0v) is 18.2. The fourth-order valence-corrected chi connectivity index (χ4v) is 4.17. The summed E-state index contributed by atoms with van der Waals surface area (Å²) >= 11 is 0. The summed E-state index contributed by atoms with van der Waals surface area (Å²) in [6.45, 7) is 2.71. The minimum atomic E-state index is -0.328. The van der Waals surface area contributed by atoms with E-state index in [1.165, 1.54) is 19.2 Å². The normalized spacial score (nSPS) is 14.0. The van der Waals surface area contributed by atoms with Crippen LogP contribution >= 0.6 is 0 Å². The lowest BCUT2D eigenvalue weighted by Crippen LogP contribution is -2.49. The topological polar surface area (TPSA) is 76.4 Å². The van der Waals surface area contributed by atoms with Crippen molar-refractivity contribution in [2.45, 2.75) is 6.54 Å². The minimum Gasteiger partial charge on any atom is -0.467 e. The summed E-state index contributed by atoms with van der Waals surface area (Å²) in [7, 11) is 1.50. The molecule has 4 aromatic rings. The molecule has 1 aromatic carbocycles. The number of amides is 1. The van der Waals surface area contributed by atoms with Gasteiger partial charge in [-0.1, -0.05) is 0 Å². The Kier molecular flexibility index (Phi) is 5.60. The van der Waals surface area contributed by atoms with Gasteiger partial charge in [-0.25, -0.2) is 19.3 Å². The number of methoxy groups -OCH3 is 1. The molecule has 0 N–H and O–H groups in total. The number of halogens is 1. The highest BCUT2D eigenvalue weighted by atomic mass is 19.1. The molecule has 3 aromatic heterocycles. The summed E-state index contributed by atoms with van der Waals surface area (Å²) in [5.74, 6) is -0.272. The van der Waals surface area contributed by atoms with Gasteiger partial charge in [0.15, 0.2) is 0 Å². The Hall–Kier alpha value is -4.01. The molecule has 1 saturated heterocycles. The molecule has 0 saturated carbocycles. The van der Waals surface area contributed by atoms with Gasteiger partial charge < -0.3 is 19.1 Å². The summed E-state index contributed by atoms with van der Waals surface area (Å²) in [5, 5.41) is 1.02. The van der Waals surface area contributed by atoms with Crippen LogP contribution in [0.3, 0.4) is 0 Å². The van der Waals surface area contributed by atoms with Gasteiger partial charge in [-0.05, 0) is 36.4 Å². The van der Waals surface area contributed by atoms with E-state index < -0.39 is 0 Å². The Morgan fingerprint density at radius 2 is 1.85 bits per heavy atom. The summed E-state index contributed by atoms with van der Waals surface area (Å²) in [4.78, 5) is 29.6. The molecule has 5 rings (SSSR count). The van der Waals surface area contributed by atoms with Crippen LogP contribution in [0.25, 0.3) is 22.2 Å². The van der Waals surface area contributed by atoms with E-state index in [1.54, 1.807) is 24.7 Å². The van der Waals surface area contributed by atoms with E-state index in [2.05, 4.69) is 19.9 Å². The second kappa shape index (κ2) is 8.85. The first-order chi connectivity index (χ1) is 16.1. The second-order valence-electron chi connectivity index (χ2n) is 7.85. The smallest absolute Gasteiger partial charge is 0.316 e. The van der Waals surface area contributed by atoms with Crippen LogP contribution in [-0.4, -0.2) is 63.6 Å².